The summed E-state index contributed by atoms with van der Waals surface area (Å²) >= 11 is 0. The minimum Gasteiger partial charge on any atom is -0.476 e. The van der Waals surface area contributed by atoms with E-state index >= 15 is 0 Å². The number of carbonyl (C=O) groups excluding carboxylic acids is 1. The molecule has 2 N–H and O–H groups in total. The van der Waals surface area contributed by atoms with Gasteiger partial charge in [0.25, 0.3) is 0 Å². The average Bonchev–Trinajstić information content (AvgIpc) is 3.17. The van der Waals surface area contributed by atoms with Gasteiger partial charge in [-0.2, -0.15) is 0 Å². The van der Waals surface area contributed by atoms with Crippen molar-refractivity contribution in [3.8, 4) is 11.3 Å². The number of aromatic nitrogens is 3. The highest BCUT2D eigenvalue weighted by Crippen LogP contribution is 2.22. The normalized spacial score (nSPS) is 13.9. The number of nitrogens with zero attached hydrogens (tertiary/aromatic N) is 3. The first-order valence-corrected chi connectivity index (χ1v) is 6.66. The lowest BCUT2D eigenvalue weighted by Crippen LogP contribution is -2.30. The molecule has 7 nitrogen and oxygen atoms in total. The summed E-state index contributed by atoms with van der Waals surface area (Å²) in [6.07, 6.45) is 1.99. The summed E-state index contributed by atoms with van der Waals surface area (Å²) in [7, 11) is 0. The summed E-state index contributed by atoms with van der Waals surface area (Å²) in [5.41, 5.74) is 0.855. The topological polar surface area (TPSA) is 97.1 Å². The van der Waals surface area contributed by atoms with Crippen LogP contribution in [0.2, 0.25) is 0 Å². The van der Waals surface area contributed by atoms with E-state index in [0.717, 1.165) is 12.8 Å². The zero-order valence-electron chi connectivity index (χ0n) is 11.2. The van der Waals surface area contributed by atoms with Crippen molar-refractivity contribution >= 4 is 11.9 Å². The van der Waals surface area contributed by atoms with Gasteiger partial charge >= 0.3 is 5.97 Å². The van der Waals surface area contributed by atoms with Crippen molar-refractivity contribution in [1.29, 1.82) is 0 Å². The molecule has 0 spiro atoms. The SMILES string of the molecule is O=C(Cn1nnc(C(=O)O)c1-c1ccccc1)NC1CC1. The third-order valence-electron chi connectivity index (χ3n) is 3.22. The quantitative estimate of drug-likeness (QED) is 0.852. The third-order valence-corrected chi connectivity index (χ3v) is 3.22. The van der Waals surface area contributed by atoms with Gasteiger partial charge in [0.05, 0.1) is 0 Å². The Bertz CT molecular complexity index is 677. The molecule has 1 saturated carbocycles. The molecule has 1 aromatic carbocycles. The lowest BCUT2D eigenvalue weighted by Gasteiger charge is -2.07. The molecular weight excluding hydrogens is 272 g/mol. The number of hydrogen-bond acceptors (Lipinski definition) is 4. The maximum atomic E-state index is 11.9. The molecule has 0 radical (unpaired) electrons. The molecule has 3 rings (SSSR count). The Hall–Kier alpha value is -2.70. The van der Waals surface area contributed by atoms with Gasteiger partial charge in [-0.3, -0.25) is 4.79 Å². The number of hydrogen-bond donors (Lipinski definition) is 2. The van der Waals surface area contributed by atoms with Gasteiger partial charge in [0.1, 0.15) is 12.2 Å². The average molecular weight is 286 g/mol. The molecule has 7 heteroatoms. The van der Waals surface area contributed by atoms with Crippen LogP contribution in [0.1, 0.15) is 23.3 Å². The van der Waals surface area contributed by atoms with Crippen LogP contribution >= 0.6 is 0 Å². The Kier molecular flexibility index (Phi) is 3.39. The molecular formula is C14H14N4O3. The van der Waals surface area contributed by atoms with E-state index in [0.29, 0.717) is 11.3 Å². The molecule has 1 heterocycles. The van der Waals surface area contributed by atoms with E-state index < -0.39 is 5.97 Å². The number of carboxylic acids is 1. The van der Waals surface area contributed by atoms with Gasteiger partial charge in [0.15, 0.2) is 5.69 Å². The van der Waals surface area contributed by atoms with Crippen molar-refractivity contribution in [2.24, 2.45) is 0 Å². The van der Waals surface area contributed by atoms with Gasteiger partial charge in [-0.1, -0.05) is 35.5 Å². The van der Waals surface area contributed by atoms with Gasteiger partial charge in [0, 0.05) is 11.6 Å². The first-order valence-electron chi connectivity index (χ1n) is 6.66. The second-order valence-corrected chi connectivity index (χ2v) is 4.96. The predicted molar refractivity (Wildman–Crippen MR) is 73.6 cm³/mol. The van der Waals surface area contributed by atoms with E-state index in [4.69, 9.17) is 0 Å². The maximum absolute atomic E-state index is 11.9. The summed E-state index contributed by atoms with van der Waals surface area (Å²) in [5, 5.41) is 19.5. The Labute approximate surface area is 120 Å². The minimum absolute atomic E-state index is 0.0407. The molecule has 21 heavy (non-hydrogen) atoms. The zero-order chi connectivity index (χ0) is 14.8. The molecule has 1 fully saturated rings. The minimum atomic E-state index is -1.16. The van der Waals surface area contributed by atoms with Crippen LogP contribution in [-0.2, 0) is 11.3 Å². The maximum Gasteiger partial charge on any atom is 0.358 e. The highest BCUT2D eigenvalue weighted by atomic mass is 16.4. The van der Waals surface area contributed by atoms with Crippen molar-refractivity contribution in [1.82, 2.24) is 20.3 Å². The summed E-state index contributed by atoms with van der Waals surface area (Å²) < 4.78 is 1.33. The Balaban J connectivity index is 1.92. The van der Waals surface area contributed by atoms with Gasteiger partial charge in [-0.15, -0.1) is 5.10 Å². The molecule has 1 aromatic heterocycles. The molecule has 0 atom stereocenters. The van der Waals surface area contributed by atoms with Crippen LogP contribution in [0.4, 0.5) is 0 Å². The van der Waals surface area contributed by atoms with Crippen LogP contribution in [0, 0.1) is 0 Å². The third kappa shape index (κ3) is 2.91. The lowest BCUT2D eigenvalue weighted by atomic mass is 10.1. The number of nitrogens with one attached hydrogen (secondary N) is 1. The fourth-order valence-corrected chi connectivity index (χ4v) is 2.09. The van der Waals surface area contributed by atoms with E-state index in [9.17, 15) is 14.7 Å². The highest BCUT2D eigenvalue weighted by molar-refractivity contribution is 5.93. The second kappa shape index (κ2) is 5.35. The summed E-state index contributed by atoms with van der Waals surface area (Å²) in [6, 6.07) is 9.20. The molecule has 0 saturated heterocycles. The zero-order valence-corrected chi connectivity index (χ0v) is 11.2. The van der Waals surface area contributed by atoms with Crippen LogP contribution in [0.5, 0.6) is 0 Å². The lowest BCUT2D eigenvalue weighted by molar-refractivity contribution is -0.122. The second-order valence-electron chi connectivity index (χ2n) is 4.96. The molecule has 1 amide bonds. The van der Waals surface area contributed by atoms with E-state index in [2.05, 4.69) is 15.6 Å². The van der Waals surface area contributed by atoms with E-state index in [1.165, 1.54) is 4.68 Å². The van der Waals surface area contributed by atoms with Gasteiger partial charge < -0.3 is 10.4 Å². The predicted octanol–water partition coefficient (Wildman–Crippen LogP) is 0.922. The summed E-state index contributed by atoms with van der Waals surface area (Å²) in [4.78, 5) is 23.1. The molecule has 1 aliphatic rings. The number of carboxylic acid groups (broad SMARTS) is 1. The Morgan fingerprint density at radius 1 is 1.29 bits per heavy atom. The van der Waals surface area contributed by atoms with Crippen molar-refractivity contribution in [2.45, 2.75) is 25.4 Å². The molecule has 0 unspecified atom stereocenters. The smallest absolute Gasteiger partial charge is 0.358 e. The number of carbonyl (C=O) groups is 2. The van der Waals surface area contributed by atoms with Crippen LogP contribution in [-0.4, -0.2) is 38.0 Å². The van der Waals surface area contributed by atoms with Crippen molar-refractivity contribution < 1.29 is 14.7 Å². The number of aromatic carboxylic acids is 1. The number of rotatable bonds is 5. The Morgan fingerprint density at radius 3 is 2.62 bits per heavy atom. The van der Waals surface area contributed by atoms with Crippen molar-refractivity contribution in [3.05, 3.63) is 36.0 Å². The fraction of sp³-hybridized carbons (Fsp3) is 0.286. The van der Waals surface area contributed by atoms with Crippen molar-refractivity contribution in [3.63, 3.8) is 0 Å². The molecule has 1 aliphatic carbocycles. The van der Waals surface area contributed by atoms with Gasteiger partial charge in [0.2, 0.25) is 5.91 Å². The van der Waals surface area contributed by atoms with E-state index in [-0.39, 0.29) is 24.2 Å². The Morgan fingerprint density at radius 2 is 2.00 bits per heavy atom. The first kappa shape index (κ1) is 13.3. The van der Waals surface area contributed by atoms with Gasteiger partial charge in [-0.05, 0) is 12.8 Å². The first-order chi connectivity index (χ1) is 10.1. The highest BCUT2D eigenvalue weighted by Gasteiger charge is 2.25. The van der Waals surface area contributed by atoms with E-state index in [1.54, 1.807) is 24.3 Å². The van der Waals surface area contributed by atoms with Crippen LogP contribution in [0.25, 0.3) is 11.3 Å². The molecule has 0 bridgehead atoms. The number of amides is 1. The monoisotopic (exact) mass is 286 g/mol. The van der Waals surface area contributed by atoms with Crippen LogP contribution in [0.3, 0.4) is 0 Å². The summed E-state index contributed by atoms with van der Waals surface area (Å²) in [6.45, 7) is -0.0407. The summed E-state index contributed by atoms with van der Waals surface area (Å²) in [5.74, 6) is -1.35. The van der Waals surface area contributed by atoms with Gasteiger partial charge in [-0.25, -0.2) is 9.48 Å². The standard InChI is InChI=1S/C14H14N4O3/c19-11(15-10-6-7-10)8-18-13(9-4-2-1-3-5-9)12(14(20)21)16-17-18/h1-5,10H,6-8H2,(H,15,19)(H,20,21). The molecule has 2 aromatic rings. The number of benzene rings is 1. The van der Waals surface area contributed by atoms with Crippen molar-refractivity contribution in [2.75, 3.05) is 0 Å². The fourth-order valence-electron chi connectivity index (χ4n) is 2.09. The van der Waals surface area contributed by atoms with Crippen LogP contribution in [0.15, 0.2) is 30.3 Å². The molecule has 108 valence electrons. The van der Waals surface area contributed by atoms with E-state index in [1.807, 2.05) is 6.07 Å². The molecule has 0 aliphatic heterocycles. The van der Waals surface area contributed by atoms with Crippen LogP contribution < -0.4 is 5.32 Å². The largest absolute Gasteiger partial charge is 0.476 e.